The number of nitrogens with zero attached hydrogens (tertiary/aromatic N) is 3. The summed E-state index contributed by atoms with van der Waals surface area (Å²) in [4.78, 5) is 7.08. The summed E-state index contributed by atoms with van der Waals surface area (Å²) in [6.45, 7) is 5.85. The van der Waals surface area contributed by atoms with Crippen molar-refractivity contribution in [3.63, 3.8) is 0 Å². The molecule has 3 aromatic carbocycles. The fourth-order valence-corrected chi connectivity index (χ4v) is 3.56. The zero-order valence-electron chi connectivity index (χ0n) is 17.4. The van der Waals surface area contributed by atoms with Gasteiger partial charge in [-0.15, -0.1) is 0 Å². The largest absolute Gasteiger partial charge is 0.345 e. The van der Waals surface area contributed by atoms with Gasteiger partial charge in [-0.05, 0) is 61.5 Å². The van der Waals surface area contributed by atoms with Crippen LogP contribution in [0.4, 0.5) is 11.4 Å². The van der Waals surface area contributed by atoms with Crippen LogP contribution in [-0.4, -0.2) is 16.6 Å². The van der Waals surface area contributed by atoms with E-state index < -0.39 is 0 Å². The third-order valence-electron chi connectivity index (χ3n) is 5.16. The minimum absolute atomic E-state index is 0.927. The fraction of sp³-hybridized carbons (Fsp3) is 0.0741. The third kappa shape index (κ3) is 3.83. The zero-order chi connectivity index (χ0) is 20.9. The molecular weight excluding hydrogens is 366 g/mol. The molecule has 0 aliphatic rings. The van der Waals surface area contributed by atoms with Crippen LogP contribution < -0.4 is 4.90 Å². The Kier molecular flexibility index (Phi) is 5.62. The summed E-state index contributed by atoms with van der Waals surface area (Å²) < 4.78 is 2.20. The van der Waals surface area contributed by atoms with E-state index in [4.69, 9.17) is 4.98 Å². The maximum Gasteiger partial charge on any atom is 0.145 e. The van der Waals surface area contributed by atoms with Gasteiger partial charge in [-0.3, -0.25) is 4.57 Å². The number of benzene rings is 3. The molecule has 3 heteroatoms. The van der Waals surface area contributed by atoms with Crippen molar-refractivity contribution in [3.05, 3.63) is 115 Å². The van der Waals surface area contributed by atoms with Crippen molar-refractivity contribution in [2.75, 3.05) is 11.9 Å². The summed E-state index contributed by atoms with van der Waals surface area (Å²) in [5.74, 6) is 0.927. The summed E-state index contributed by atoms with van der Waals surface area (Å²) in [5, 5.41) is 0. The van der Waals surface area contributed by atoms with Crippen LogP contribution >= 0.6 is 0 Å². The summed E-state index contributed by atoms with van der Waals surface area (Å²) in [5.41, 5.74) is 6.49. The molecule has 0 atom stereocenters. The molecule has 4 rings (SSSR count). The predicted molar refractivity (Wildman–Crippen MR) is 127 cm³/mol. The zero-order valence-corrected chi connectivity index (χ0v) is 17.4. The molecule has 3 nitrogen and oxygen atoms in total. The van der Waals surface area contributed by atoms with Crippen molar-refractivity contribution in [2.24, 2.45) is 0 Å². The molecule has 0 unspecified atom stereocenters. The van der Waals surface area contributed by atoms with Crippen molar-refractivity contribution in [1.29, 1.82) is 0 Å². The van der Waals surface area contributed by atoms with Crippen LogP contribution in [-0.2, 0) is 0 Å². The van der Waals surface area contributed by atoms with E-state index in [1.165, 1.54) is 0 Å². The van der Waals surface area contributed by atoms with E-state index in [1.807, 2.05) is 37.3 Å². The molecule has 0 amide bonds. The van der Waals surface area contributed by atoms with E-state index in [2.05, 4.69) is 89.8 Å². The number of hydrogen-bond acceptors (Lipinski definition) is 2. The van der Waals surface area contributed by atoms with Gasteiger partial charge in [-0.25, -0.2) is 4.98 Å². The highest BCUT2D eigenvalue weighted by atomic mass is 15.1. The fourth-order valence-electron chi connectivity index (χ4n) is 3.56. The van der Waals surface area contributed by atoms with Gasteiger partial charge in [0.15, 0.2) is 0 Å². The lowest BCUT2D eigenvalue weighted by atomic mass is 10.1. The van der Waals surface area contributed by atoms with E-state index in [0.717, 1.165) is 39.8 Å². The van der Waals surface area contributed by atoms with Gasteiger partial charge in [0.2, 0.25) is 0 Å². The molecule has 0 radical (unpaired) electrons. The van der Waals surface area contributed by atoms with Crippen LogP contribution in [0.2, 0.25) is 0 Å². The van der Waals surface area contributed by atoms with Gasteiger partial charge >= 0.3 is 0 Å². The van der Waals surface area contributed by atoms with Crippen molar-refractivity contribution in [2.45, 2.75) is 6.92 Å². The minimum Gasteiger partial charge on any atom is -0.345 e. The maximum atomic E-state index is 4.91. The Labute approximate surface area is 178 Å². The normalized spacial score (nSPS) is 11.0. The molecule has 0 fully saturated rings. The van der Waals surface area contributed by atoms with Crippen LogP contribution in [0.3, 0.4) is 0 Å². The van der Waals surface area contributed by atoms with Crippen molar-refractivity contribution in [3.8, 4) is 17.1 Å². The third-order valence-corrected chi connectivity index (χ3v) is 5.16. The Morgan fingerprint density at radius 3 is 2.07 bits per heavy atom. The lowest BCUT2D eigenvalue weighted by molar-refractivity contribution is 1.05. The molecule has 1 aromatic heterocycles. The average molecular weight is 392 g/mol. The molecule has 0 saturated heterocycles. The number of rotatable bonds is 6. The summed E-state index contributed by atoms with van der Waals surface area (Å²) >= 11 is 0. The first-order chi connectivity index (χ1) is 14.7. The van der Waals surface area contributed by atoms with Crippen molar-refractivity contribution < 1.29 is 0 Å². The average Bonchev–Trinajstić information content (AvgIpc) is 3.14. The van der Waals surface area contributed by atoms with E-state index in [0.29, 0.717) is 0 Å². The smallest absolute Gasteiger partial charge is 0.145 e. The van der Waals surface area contributed by atoms with E-state index in [-0.39, 0.29) is 0 Å². The van der Waals surface area contributed by atoms with Crippen LogP contribution in [0.5, 0.6) is 0 Å². The monoisotopic (exact) mass is 391 g/mol. The summed E-state index contributed by atoms with van der Waals surface area (Å²) in [7, 11) is 2.08. The van der Waals surface area contributed by atoms with Gasteiger partial charge in [0.05, 0.1) is 11.4 Å². The lowest BCUT2D eigenvalue weighted by Crippen LogP contribution is -2.09. The summed E-state index contributed by atoms with van der Waals surface area (Å²) in [6, 6.07) is 29.2. The highest BCUT2D eigenvalue weighted by molar-refractivity contribution is 5.70. The molecule has 1 heterocycles. The molecule has 0 bridgehead atoms. The Bertz CT molecular complexity index is 1150. The maximum absolute atomic E-state index is 4.91. The quantitative estimate of drug-likeness (QED) is 0.336. The van der Waals surface area contributed by atoms with Crippen LogP contribution in [0.1, 0.15) is 11.4 Å². The molecule has 0 saturated carbocycles. The molecule has 0 aliphatic carbocycles. The number of allylic oxidation sites excluding steroid dienone is 2. The predicted octanol–water partition coefficient (Wildman–Crippen LogP) is 6.81. The summed E-state index contributed by atoms with van der Waals surface area (Å²) in [6.07, 6.45) is 5.80. The van der Waals surface area contributed by atoms with Gasteiger partial charge in [-0.1, -0.05) is 55.1 Å². The molecule has 4 aromatic rings. The van der Waals surface area contributed by atoms with E-state index in [1.54, 1.807) is 6.08 Å². The lowest BCUT2D eigenvalue weighted by Gasteiger charge is -2.19. The standard InChI is InChI=1S/C27H25N3/c1-4-5-16-26-21(2)28-27(30(26)25-14-10-7-11-15-25)22-17-19-24(20-18-22)29(3)23-12-8-6-9-13-23/h4-20H,1H2,2-3H3/b16-5-. The molecule has 0 spiro atoms. The number of para-hydroxylation sites is 2. The second-order valence-corrected chi connectivity index (χ2v) is 7.11. The van der Waals surface area contributed by atoms with Gasteiger partial charge in [0.25, 0.3) is 0 Å². The molecule has 0 N–H and O–H groups in total. The number of anilines is 2. The topological polar surface area (TPSA) is 21.1 Å². The number of aryl methyl sites for hydroxylation is 1. The van der Waals surface area contributed by atoms with Crippen LogP contribution in [0, 0.1) is 6.92 Å². The molecular formula is C27H25N3. The van der Waals surface area contributed by atoms with Gasteiger partial charge in [0.1, 0.15) is 5.82 Å². The number of imidazole rings is 1. The Hall–Kier alpha value is -3.85. The van der Waals surface area contributed by atoms with Crippen molar-refractivity contribution >= 4 is 17.5 Å². The first-order valence-electron chi connectivity index (χ1n) is 10.0. The number of aromatic nitrogens is 2. The first-order valence-corrected chi connectivity index (χ1v) is 10.0. The van der Waals surface area contributed by atoms with Gasteiger partial charge in [-0.2, -0.15) is 0 Å². The Balaban J connectivity index is 1.77. The van der Waals surface area contributed by atoms with Crippen molar-refractivity contribution in [1.82, 2.24) is 9.55 Å². The van der Waals surface area contributed by atoms with E-state index in [9.17, 15) is 0 Å². The molecule has 30 heavy (non-hydrogen) atoms. The van der Waals surface area contributed by atoms with Gasteiger partial charge in [0, 0.05) is 29.7 Å². The second kappa shape index (κ2) is 8.66. The molecule has 148 valence electrons. The highest BCUT2D eigenvalue weighted by Gasteiger charge is 2.16. The Morgan fingerprint density at radius 2 is 1.43 bits per heavy atom. The van der Waals surface area contributed by atoms with Gasteiger partial charge < -0.3 is 4.90 Å². The number of hydrogen-bond donors (Lipinski definition) is 0. The molecule has 0 aliphatic heterocycles. The highest BCUT2D eigenvalue weighted by Crippen LogP contribution is 2.30. The second-order valence-electron chi connectivity index (χ2n) is 7.11. The minimum atomic E-state index is 0.927. The van der Waals surface area contributed by atoms with Crippen LogP contribution in [0.25, 0.3) is 23.2 Å². The Morgan fingerprint density at radius 1 is 0.833 bits per heavy atom. The SMILES string of the molecule is C=C/C=C\c1c(C)nc(-c2ccc(N(C)c3ccccc3)cc2)n1-c1ccccc1. The van der Waals surface area contributed by atoms with E-state index >= 15 is 0 Å². The first kappa shape index (κ1) is 19.5. The van der Waals surface area contributed by atoms with Crippen LogP contribution in [0.15, 0.2) is 104 Å².